The molecule has 0 aliphatic carbocycles. The van der Waals surface area contributed by atoms with Crippen molar-refractivity contribution in [3.05, 3.63) is 89.5 Å². The fraction of sp³-hybridized carbons (Fsp3) is 0.214. The molecule has 0 bridgehead atoms. The van der Waals surface area contributed by atoms with Crippen molar-refractivity contribution in [2.75, 3.05) is 20.3 Å². The molecule has 0 radical (unpaired) electrons. The van der Waals surface area contributed by atoms with E-state index in [1.165, 1.54) is 13.3 Å². The molecule has 2 amide bonds. The van der Waals surface area contributed by atoms with Crippen molar-refractivity contribution in [1.82, 2.24) is 10.7 Å². The Morgan fingerprint density at radius 2 is 1.46 bits per heavy atom. The highest BCUT2D eigenvalue weighted by Crippen LogP contribution is 2.17. The van der Waals surface area contributed by atoms with Gasteiger partial charge in [-0.1, -0.05) is 13.3 Å². The molecule has 0 saturated carbocycles. The Bertz CT molecular complexity index is 1210. The summed E-state index contributed by atoms with van der Waals surface area (Å²) in [7, 11) is 1.54. The van der Waals surface area contributed by atoms with Gasteiger partial charge in [-0.25, -0.2) is 10.2 Å². The molecule has 0 saturated heterocycles. The monoisotopic (exact) mass is 503 g/mol. The van der Waals surface area contributed by atoms with E-state index in [2.05, 4.69) is 22.8 Å². The molecule has 3 aromatic carbocycles. The van der Waals surface area contributed by atoms with E-state index in [4.69, 9.17) is 14.2 Å². The van der Waals surface area contributed by atoms with Gasteiger partial charge in [0.1, 0.15) is 17.2 Å². The topological polar surface area (TPSA) is 115 Å². The normalized spacial score (nSPS) is 10.5. The Kier molecular flexibility index (Phi) is 10.2. The highest BCUT2D eigenvalue weighted by Gasteiger charge is 2.10. The quantitative estimate of drug-likeness (QED) is 0.127. The Morgan fingerprint density at radius 3 is 2.11 bits per heavy atom. The van der Waals surface area contributed by atoms with Gasteiger partial charge in [-0.05, 0) is 84.8 Å². The molecule has 0 atom stereocenters. The lowest BCUT2D eigenvalue weighted by Crippen LogP contribution is -2.34. The third-order valence-corrected chi connectivity index (χ3v) is 5.11. The van der Waals surface area contributed by atoms with Gasteiger partial charge < -0.3 is 19.5 Å². The molecule has 192 valence electrons. The van der Waals surface area contributed by atoms with E-state index in [9.17, 15) is 14.4 Å². The average Bonchev–Trinajstić information content (AvgIpc) is 2.93. The molecule has 37 heavy (non-hydrogen) atoms. The maximum atomic E-state index is 12.4. The van der Waals surface area contributed by atoms with Gasteiger partial charge in [0.15, 0.2) is 0 Å². The van der Waals surface area contributed by atoms with E-state index in [1.807, 2.05) is 0 Å². The summed E-state index contributed by atoms with van der Waals surface area (Å²) < 4.78 is 16.0. The van der Waals surface area contributed by atoms with Crippen LogP contribution in [0.1, 0.15) is 46.0 Å². The highest BCUT2D eigenvalue weighted by molar-refractivity contribution is 5.96. The summed E-state index contributed by atoms with van der Waals surface area (Å²) in [6.45, 7) is 2.50. The molecule has 0 aliphatic rings. The van der Waals surface area contributed by atoms with Crippen molar-refractivity contribution in [2.45, 2.75) is 19.8 Å². The molecule has 0 aliphatic heterocycles. The molecular formula is C28H29N3O6. The predicted molar refractivity (Wildman–Crippen MR) is 139 cm³/mol. The number of amides is 2. The first kappa shape index (κ1) is 26.9. The Morgan fingerprint density at radius 1 is 0.838 bits per heavy atom. The van der Waals surface area contributed by atoms with Crippen molar-refractivity contribution in [3.8, 4) is 17.2 Å². The second kappa shape index (κ2) is 14.0. The van der Waals surface area contributed by atoms with Crippen LogP contribution in [-0.4, -0.2) is 44.3 Å². The summed E-state index contributed by atoms with van der Waals surface area (Å²) in [5, 5.41) is 6.39. The third-order valence-electron chi connectivity index (χ3n) is 5.11. The van der Waals surface area contributed by atoms with Crippen LogP contribution in [0.4, 0.5) is 0 Å². The lowest BCUT2D eigenvalue weighted by atomic mass is 10.2. The Balaban J connectivity index is 1.41. The molecule has 0 heterocycles. The van der Waals surface area contributed by atoms with Gasteiger partial charge in [-0.3, -0.25) is 9.59 Å². The van der Waals surface area contributed by atoms with E-state index >= 15 is 0 Å². The lowest BCUT2D eigenvalue weighted by Gasteiger charge is -2.07. The fourth-order valence-corrected chi connectivity index (χ4v) is 3.03. The van der Waals surface area contributed by atoms with Crippen LogP contribution in [0.2, 0.25) is 0 Å². The van der Waals surface area contributed by atoms with E-state index in [0.717, 1.165) is 12.8 Å². The number of nitrogens with zero attached hydrogens (tertiary/aromatic N) is 1. The van der Waals surface area contributed by atoms with Crippen LogP contribution in [0, 0.1) is 0 Å². The van der Waals surface area contributed by atoms with E-state index < -0.39 is 11.9 Å². The molecule has 3 aromatic rings. The summed E-state index contributed by atoms with van der Waals surface area (Å²) in [6.07, 6.45) is 3.46. The number of hydrogen-bond donors (Lipinski definition) is 2. The first-order chi connectivity index (χ1) is 18.0. The minimum atomic E-state index is -0.481. The van der Waals surface area contributed by atoms with Crippen molar-refractivity contribution in [1.29, 1.82) is 0 Å². The average molecular weight is 504 g/mol. The van der Waals surface area contributed by atoms with E-state index in [-0.39, 0.29) is 12.5 Å². The fourth-order valence-electron chi connectivity index (χ4n) is 3.03. The lowest BCUT2D eigenvalue weighted by molar-refractivity contribution is -0.120. The second-order valence-electron chi connectivity index (χ2n) is 7.89. The molecular weight excluding hydrogens is 474 g/mol. The maximum absolute atomic E-state index is 12.4. The van der Waals surface area contributed by atoms with Crippen LogP contribution < -0.4 is 25.0 Å². The largest absolute Gasteiger partial charge is 0.497 e. The van der Waals surface area contributed by atoms with Crippen molar-refractivity contribution in [3.63, 3.8) is 0 Å². The SMILES string of the molecule is CCCCOc1ccc(C(=O)Oc2ccc(/C=N/NC(=O)CNC(=O)c3ccc(OC)cc3)cc2)cc1. The minimum absolute atomic E-state index is 0.233. The molecule has 9 nitrogen and oxygen atoms in total. The highest BCUT2D eigenvalue weighted by atomic mass is 16.5. The summed E-state index contributed by atoms with van der Waals surface area (Å²) in [5.41, 5.74) is 3.84. The Hall–Kier alpha value is -4.66. The molecule has 0 spiro atoms. The number of ether oxygens (including phenoxy) is 3. The smallest absolute Gasteiger partial charge is 0.343 e. The molecule has 9 heteroatoms. The summed E-state index contributed by atoms with van der Waals surface area (Å²) in [5.74, 6) is 0.364. The maximum Gasteiger partial charge on any atom is 0.343 e. The molecule has 0 fully saturated rings. The molecule has 2 N–H and O–H groups in total. The van der Waals surface area contributed by atoms with Crippen LogP contribution in [-0.2, 0) is 4.79 Å². The summed E-state index contributed by atoms with van der Waals surface area (Å²) in [6, 6.07) is 20.0. The van der Waals surface area contributed by atoms with Gasteiger partial charge in [0.25, 0.3) is 11.8 Å². The summed E-state index contributed by atoms with van der Waals surface area (Å²) in [4.78, 5) is 36.4. The van der Waals surface area contributed by atoms with Crippen LogP contribution >= 0.6 is 0 Å². The van der Waals surface area contributed by atoms with Crippen molar-refractivity contribution < 1.29 is 28.6 Å². The zero-order valence-electron chi connectivity index (χ0n) is 20.7. The number of unbranched alkanes of at least 4 members (excludes halogenated alkanes) is 1. The number of methoxy groups -OCH3 is 1. The molecule has 0 unspecified atom stereocenters. The zero-order chi connectivity index (χ0) is 26.5. The van der Waals surface area contributed by atoms with Crippen LogP contribution in [0.25, 0.3) is 0 Å². The number of nitrogens with one attached hydrogen (secondary N) is 2. The zero-order valence-corrected chi connectivity index (χ0v) is 20.7. The van der Waals surface area contributed by atoms with Crippen LogP contribution in [0.5, 0.6) is 17.2 Å². The van der Waals surface area contributed by atoms with Gasteiger partial charge in [0.2, 0.25) is 0 Å². The van der Waals surface area contributed by atoms with Gasteiger partial charge in [-0.2, -0.15) is 5.10 Å². The number of carbonyl (C=O) groups excluding carboxylic acids is 3. The van der Waals surface area contributed by atoms with Crippen molar-refractivity contribution in [2.24, 2.45) is 5.10 Å². The third kappa shape index (κ3) is 8.81. The molecule has 3 rings (SSSR count). The van der Waals surface area contributed by atoms with Gasteiger partial charge in [0, 0.05) is 5.56 Å². The van der Waals surface area contributed by atoms with Crippen LogP contribution in [0.3, 0.4) is 0 Å². The first-order valence-electron chi connectivity index (χ1n) is 11.8. The minimum Gasteiger partial charge on any atom is -0.497 e. The predicted octanol–water partition coefficient (Wildman–Crippen LogP) is 3.97. The van der Waals surface area contributed by atoms with Gasteiger partial charge >= 0.3 is 5.97 Å². The number of rotatable bonds is 12. The van der Waals surface area contributed by atoms with E-state index in [1.54, 1.807) is 72.8 Å². The number of carbonyl (C=O) groups is 3. The number of hydrazone groups is 1. The van der Waals surface area contributed by atoms with Crippen molar-refractivity contribution >= 4 is 24.0 Å². The number of esters is 1. The summed E-state index contributed by atoms with van der Waals surface area (Å²) >= 11 is 0. The number of hydrogen-bond acceptors (Lipinski definition) is 7. The van der Waals surface area contributed by atoms with Crippen LogP contribution in [0.15, 0.2) is 77.9 Å². The standard InChI is InChI=1S/C28H29N3O6/c1-3-4-17-36-24-15-9-22(10-16-24)28(34)37-25-11-5-20(6-12-25)18-30-31-26(32)19-29-27(33)21-7-13-23(35-2)14-8-21/h5-16,18H,3-4,17,19H2,1-2H3,(H,29,33)(H,31,32)/b30-18+. The molecule has 0 aromatic heterocycles. The van der Waals surface area contributed by atoms with E-state index in [0.29, 0.717) is 40.5 Å². The van der Waals surface area contributed by atoms with Gasteiger partial charge in [-0.15, -0.1) is 0 Å². The number of benzene rings is 3. The first-order valence-corrected chi connectivity index (χ1v) is 11.8. The van der Waals surface area contributed by atoms with Gasteiger partial charge in [0.05, 0.1) is 32.0 Å². The Labute approximate surface area is 215 Å². The second-order valence-corrected chi connectivity index (χ2v) is 7.89.